The van der Waals surface area contributed by atoms with Gasteiger partial charge in [0.2, 0.25) is 0 Å². The molecule has 1 aromatic rings. The van der Waals surface area contributed by atoms with E-state index in [4.69, 9.17) is 0 Å². The summed E-state index contributed by atoms with van der Waals surface area (Å²) in [6.07, 6.45) is 2.89. The third kappa shape index (κ3) is 1.59. The average Bonchev–Trinajstić information content (AvgIpc) is 2.52. The van der Waals surface area contributed by atoms with E-state index in [9.17, 15) is 4.79 Å². The first-order valence-corrected chi connectivity index (χ1v) is 5.28. The fourth-order valence-electron chi connectivity index (χ4n) is 2.36. The first kappa shape index (κ1) is 9.45. The highest BCUT2D eigenvalue weighted by Crippen LogP contribution is 2.33. The summed E-state index contributed by atoms with van der Waals surface area (Å²) in [5, 5.41) is 0. The summed E-state index contributed by atoms with van der Waals surface area (Å²) in [7, 11) is 0. The van der Waals surface area contributed by atoms with Crippen LogP contribution in [0, 0.1) is 13.8 Å². The summed E-state index contributed by atoms with van der Waals surface area (Å²) in [4.78, 5) is 11.6. The highest BCUT2D eigenvalue weighted by atomic mass is 16.1. The van der Waals surface area contributed by atoms with Gasteiger partial charge in [0.15, 0.2) is 0 Å². The van der Waals surface area contributed by atoms with Gasteiger partial charge in [-0.2, -0.15) is 0 Å². The summed E-state index contributed by atoms with van der Waals surface area (Å²) in [6, 6.07) is 6.40. The number of hydrogen-bond donors (Lipinski definition) is 0. The molecular formula is C13H16O. The van der Waals surface area contributed by atoms with Crippen LogP contribution in [-0.4, -0.2) is 5.78 Å². The largest absolute Gasteiger partial charge is 0.299 e. The van der Waals surface area contributed by atoms with E-state index >= 15 is 0 Å². The van der Waals surface area contributed by atoms with Crippen molar-refractivity contribution in [3.63, 3.8) is 0 Å². The molecule has 0 radical (unpaired) electrons. The van der Waals surface area contributed by atoms with Gasteiger partial charge in [-0.25, -0.2) is 0 Å². The highest BCUT2D eigenvalue weighted by molar-refractivity contribution is 5.87. The van der Waals surface area contributed by atoms with Crippen LogP contribution in [0.4, 0.5) is 0 Å². The predicted molar refractivity (Wildman–Crippen MR) is 57.5 cm³/mol. The molecule has 74 valence electrons. The number of aryl methyl sites for hydroxylation is 2. The second-order valence-electron chi connectivity index (χ2n) is 4.27. The number of hydrogen-bond acceptors (Lipinski definition) is 1. The van der Waals surface area contributed by atoms with E-state index in [0.29, 0.717) is 5.78 Å². The summed E-state index contributed by atoms with van der Waals surface area (Å²) in [5.74, 6) is 0.618. The van der Waals surface area contributed by atoms with Crippen molar-refractivity contribution < 1.29 is 4.79 Å². The Kier molecular flexibility index (Phi) is 2.40. The maximum absolute atomic E-state index is 11.6. The lowest BCUT2D eigenvalue weighted by Gasteiger charge is -2.12. The van der Waals surface area contributed by atoms with Gasteiger partial charge in [0.25, 0.3) is 0 Å². The fourth-order valence-corrected chi connectivity index (χ4v) is 2.36. The summed E-state index contributed by atoms with van der Waals surface area (Å²) in [6.45, 7) is 4.20. The molecule has 14 heavy (non-hydrogen) atoms. The molecule has 1 aliphatic rings. The quantitative estimate of drug-likeness (QED) is 0.661. The number of rotatable bonds is 1. The Morgan fingerprint density at radius 2 is 2.07 bits per heavy atom. The normalized spacial score (nSPS) is 21.6. The molecule has 0 aliphatic heterocycles. The number of benzene rings is 1. The van der Waals surface area contributed by atoms with Gasteiger partial charge >= 0.3 is 0 Å². The zero-order valence-electron chi connectivity index (χ0n) is 8.84. The van der Waals surface area contributed by atoms with Crippen LogP contribution in [0.15, 0.2) is 18.2 Å². The Bertz CT molecular complexity index is 365. The molecule has 1 fully saturated rings. The van der Waals surface area contributed by atoms with Crippen LogP contribution in [0.5, 0.6) is 0 Å². The smallest absolute Gasteiger partial charge is 0.140 e. The maximum Gasteiger partial charge on any atom is 0.140 e. The van der Waals surface area contributed by atoms with Crippen molar-refractivity contribution in [2.75, 3.05) is 0 Å². The molecule has 1 aliphatic carbocycles. The number of Topliss-reactive ketones (excluding diaryl/α,β-unsaturated/α-hetero) is 1. The van der Waals surface area contributed by atoms with Crippen LogP contribution >= 0.6 is 0 Å². The Morgan fingerprint density at radius 3 is 2.64 bits per heavy atom. The highest BCUT2D eigenvalue weighted by Gasteiger charge is 2.26. The molecule has 1 saturated carbocycles. The van der Waals surface area contributed by atoms with Crippen LogP contribution in [0.25, 0.3) is 0 Å². The standard InChI is InChI=1S/C13H16O/c1-9-6-7-11(10(2)8-9)12-4-3-5-13(12)14/h6-8,12H,3-5H2,1-2H3/t12-/m0/s1. The van der Waals surface area contributed by atoms with Gasteiger partial charge in [-0.15, -0.1) is 0 Å². The number of carbonyl (C=O) groups excluding carboxylic acids is 1. The molecule has 1 nitrogen and oxygen atoms in total. The van der Waals surface area contributed by atoms with Crippen LogP contribution in [0.2, 0.25) is 0 Å². The van der Waals surface area contributed by atoms with E-state index in [1.54, 1.807) is 0 Å². The van der Waals surface area contributed by atoms with Gasteiger partial charge in [0.05, 0.1) is 0 Å². The third-order valence-electron chi connectivity index (χ3n) is 3.11. The minimum absolute atomic E-state index is 0.190. The lowest BCUT2D eigenvalue weighted by molar-refractivity contribution is -0.118. The monoisotopic (exact) mass is 188 g/mol. The predicted octanol–water partition coefficient (Wildman–Crippen LogP) is 3.14. The zero-order chi connectivity index (χ0) is 10.1. The van der Waals surface area contributed by atoms with Crippen LogP contribution in [0.3, 0.4) is 0 Å². The van der Waals surface area contributed by atoms with Crippen molar-refractivity contribution in [3.05, 3.63) is 34.9 Å². The Balaban J connectivity index is 2.36. The molecule has 0 spiro atoms. The second kappa shape index (κ2) is 3.56. The van der Waals surface area contributed by atoms with Crippen LogP contribution in [-0.2, 0) is 4.79 Å². The molecule has 0 heterocycles. The van der Waals surface area contributed by atoms with E-state index in [1.807, 2.05) is 0 Å². The van der Waals surface area contributed by atoms with E-state index in [2.05, 4.69) is 32.0 Å². The molecule has 1 heteroatoms. The van der Waals surface area contributed by atoms with E-state index in [0.717, 1.165) is 19.3 Å². The molecule has 0 bridgehead atoms. The molecule has 1 atom stereocenters. The van der Waals surface area contributed by atoms with Crippen LogP contribution < -0.4 is 0 Å². The first-order valence-electron chi connectivity index (χ1n) is 5.28. The minimum Gasteiger partial charge on any atom is -0.299 e. The molecule has 0 unspecified atom stereocenters. The molecule has 0 aromatic heterocycles. The van der Waals surface area contributed by atoms with E-state index < -0.39 is 0 Å². The van der Waals surface area contributed by atoms with Crippen molar-refractivity contribution in [3.8, 4) is 0 Å². The average molecular weight is 188 g/mol. The first-order chi connectivity index (χ1) is 6.68. The van der Waals surface area contributed by atoms with Crippen molar-refractivity contribution in [1.82, 2.24) is 0 Å². The van der Waals surface area contributed by atoms with Crippen LogP contribution in [0.1, 0.15) is 41.9 Å². The third-order valence-corrected chi connectivity index (χ3v) is 3.11. The zero-order valence-corrected chi connectivity index (χ0v) is 8.84. The molecule has 0 saturated heterocycles. The molecule has 2 rings (SSSR count). The van der Waals surface area contributed by atoms with E-state index in [-0.39, 0.29) is 5.92 Å². The Morgan fingerprint density at radius 1 is 1.29 bits per heavy atom. The van der Waals surface area contributed by atoms with Crippen molar-refractivity contribution in [1.29, 1.82) is 0 Å². The molecular weight excluding hydrogens is 172 g/mol. The van der Waals surface area contributed by atoms with Crippen molar-refractivity contribution in [2.24, 2.45) is 0 Å². The van der Waals surface area contributed by atoms with Crippen molar-refractivity contribution in [2.45, 2.75) is 39.0 Å². The summed E-state index contributed by atoms with van der Waals surface area (Å²) < 4.78 is 0. The maximum atomic E-state index is 11.6. The molecule has 1 aromatic carbocycles. The molecule has 0 amide bonds. The molecule has 0 N–H and O–H groups in total. The number of carbonyl (C=O) groups is 1. The summed E-state index contributed by atoms with van der Waals surface area (Å²) >= 11 is 0. The second-order valence-corrected chi connectivity index (χ2v) is 4.27. The van der Waals surface area contributed by atoms with Gasteiger partial charge in [0.1, 0.15) is 5.78 Å². The van der Waals surface area contributed by atoms with Gasteiger partial charge < -0.3 is 0 Å². The topological polar surface area (TPSA) is 17.1 Å². The fraction of sp³-hybridized carbons (Fsp3) is 0.462. The Hall–Kier alpha value is -1.11. The lowest BCUT2D eigenvalue weighted by Crippen LogP contribution is -2.05. The summed E-state index contributed by atoms with van der Waals surface area (Å²) in [5.41, 5.74) is 3.79. The van der Waals surface area contributed by atoms with Crippen molar-refractivity contribution >= 4 is 5.78 Å². The van der Waals surface area contributed by atoms with Gasteiger partial charge in [-0.1, -0.05) is 23.8 Å². The van der Waals surface area contributed by atoms with Gasteiger partial charge in [0, 0.05) is 12.3 Å². The number of ketones is 1. The van der Waals surface area contributed by atoms with Gasteiger partial charge in [-0.05, 0) is 37.8 Å². The van der Waals surface area contributed by atoms with Gasteiger partial charge in [-0.3, -0.25) is 4.79 Å². The Labute approximate surface area is 85.1 Å². The lowest BCUT2D eigenvalue weighted by atomic mass is 9.92. The SMILES string of the molecule is Cc1ccc([C@@H]2CCCC2=O)c(C)c1. The van der Waals surface area contributed by atoms with E-state index in [1.165, 1.54) is 16.7 Å². The minimum atomic E-state index is 0.190.